The van der Waals surface area contributed by atoms with Crippen LogP contribution in [0.4, 0.5) is 0 Å². The van der Waals surface area contributed by atoms with Crippen LogP contribution in [0.3, 0.4) is 0 Å². The van der Waals surface area contributed by atoms with Crippen LogP contribution in [0, 0.1) is 18.3 Å². The molecule has 1 atom stereocenters. The van der Waals surface area contributed by atoms with Crippen molar-refractivity contribution in [3.63, 3.8) is 0 Å². The fourth-order valence-electron chi connectivity index (χ4n) is 3.08. The van der Waals surface area contributed by atoms with Crippen molar-refractivity contribution in [1.82, 2.24) is 4.90 Å². The van der Waals surface area contributed by atoms with Crippen molar-refractivity contribution in [3.05, 3.63) is 40.4 Å². The summed E-state index contributed by atoms with van der Waals surface area (Å²) in [6.45, 7) is 3.28. The normalized spacial score (nSPS) is 24.9. The van der Waals surface area contributed by atoms with E-state index in [0.29, 0.717) is 11.5 Å². The highest BCUT2D eigenvalue weighted by molar-refractivity contribution is 7.91. The molecule has 0 aliphatic carbocycles. The Balaban J connectivity index is 2.08. The molecule has 8 heteroatoms. The summed E-state index contributed by atoms with van der Waals surface area (Å²) in [6, 6.07) is 4.50. The van der Waals surface area contributed by atoms with Gasteiger partial charge in [-0.2, -0.15) is 5.26 Å². The third-order valence-electron chi connectivity index (χ3n) is 4.39. The number of carbonyl (C=O) groups is 2. The summed E-state index contributed by atoms with van der Waals surface area (Å²) >= 11 is 0. The topological polar surface area (TPSA) is 108 Å². The number of nitriles is 1. The number of nitrogens with zero attached hydrogens (tertiary/aromatic N) is 2. The van der Waals surface area contributed by atoms with E-state index in [9.17, 15) is 23.3 Å². The number of hydrogen-bond acceptors (Lipinski definition) is 6. The zero-order valence-electron chi connectivity index (χ0n) is 13.8. The van der Waals surface area contributed by atoms with Gasteiger partial charge in [-0.05, 0) is 44.1 Å². The predicted molar refractivity (Wildman–Crippen MR) is 88.6 cm³/mol. The first-order valence-corrected chi connectivity index (χ1v) is 9.53. The molecule has 0 saturated carbocycles. The quantitative estimate of drug-likeness (QED) is 0.582. The maximum absolute atomic E-state index is 12.9. The van der Waals surface area contributed by atoms with Gasteiger partial charge in [0.15, 0.2) is 9.84 Å². The van der Waals surface area contributed by atoms with Crippen LogP contribution >= 0.6 is 0 Å². The van der Waals surface area contributed by atoms with Crippen molar-refractivity contribution in [1.29, 1.82) is 5.26 Å². The van der Waals surface area contributed by atoms with E-state index >= 15 is 0 Å². The molecule has 2 aliphatic rings. The number of rotatable bonds is 2. The predicted octanol–water partition coefficient (Wildman–Crippen LogP) is 1.37. The van der Waals surface area contributed by atoms with Crippen LogP contribution in [0.15, 0.2) is 33.3 Å². The highest BCUT2D eigenvalue weighted by Gasteiger charge is 2.43. The number of carbonyl (C=O) groups excluding carboxylic acids is 2. The van der Waals surface area contributed by atoms with Gasteiger partial charge in [-0.15, -0.1) is 0 Å². The molecule has 0 unspecified atom stereocenters. The standard InChI is InChI=1S/C17H16N2O5S/c1-10-3-4-13(24-10)7-14-11(2)15(8-18)17(21)19(16(14)20)12-5-6-25(22,23)9-12/h3-4,7,12H,5-6,9H2,1-2H3/b14-7+/t12-/m0/s1. The van der Waals surface area contributed by atoms with Crippen molar-refractivity contribution < 1.29 is 22.4 Å². The van der Waals surface area contributed by atoms with Crippen LogP contribution in [0.2, 0.25) is 0 Å². The van der Waals surface area contributed by atoms with E-state index in [1.165, 1.54) is 13.0 Å². The van der Waals surface area contributed by atoms with Gasteiger partial charge in [-0.3, -0.25) is 14.5 Å². The van der Waals surface area contributed by atoms with Gasteiger partial charge in [0.25, 0.3) is 11.8 Å². The highest BCUT2D eigenvalue weighted by Crippen LogP contribution is 2.31. The van der Waals surface area contributed by atoms with Crippen molar-refractivity contribution in [2.24, 2.45) is 0 Å². The van der Waals surface area contributed by atoms with Gasteiger partial charge in [0.2, 0.25) is 0 Å². The average Bonchev–Trinajstić information content (AvgIpc) is 3.10. The van der Waals surface area contributed by atoms with E-state index in [2.05, 4.69) is 0 Å². The summed E-state index contributed by atoms with van der Waals surface area (Å²) in [5.41, 5.74) is 0.275. The first kappa shape index (κ1) is 17.2. The Kier molecular flexibility index (Phi) is 4.13. The molecule has 2 aliphatic heterocycles. The smallest absolute Gasteiger partial charge is 0.271 e. The zero-order chi connectivity index (χ0) is 18.4. The van der Waals surface area contributed by atoms with Gasteiger partial charge in [-0.1, -0.05) is 0 Å². The van der Waals surface area contributed by atoms with Crippen molar-refractivity contribution in [2.75, 3.05) is 11.5 Å². The second-order valence-corrected chi connectivity index (χ2v) is 8.38. The molecule has 7 nitrogen and oxygen atoms in total. The molecule has 2 amide bonds. The van der Waals surface area contributed by atoms with Crippen LogP contribution < -0.4 is 0 Å². The summed E-state index contributed by atoms with van der Waals surface area (Å²) in [7, 11) is -3.29. The van der Waals surface area contributed by atoms with E-state index in [4.69, 9.17) is 4.42 Å². The second-order valence-electron chi connectivity index (χ2n) is 6.16. The molecular weight excluding hydrogens is 344 g/mol. The summed E-state index contributed by atoms with van der Waals surface area (Å²) in [6.07, 6.45) is 1.66. The maximum atomic E-state index is 12.9. The molecule has 1 aromatic rings. The molecule has 3 heterocycles. The Morgan fingerprint density at radius 3 is 2.52 bits per heavy atom. The first-order chi connectivity index (χ1) is 11.7. The van der Waals surface area contributed by atoms with Gasteiger partial charge in [0.1, 0.15) is 23.2 Å². The van der Waals surface area contributed by atoms with Crippen LogP contribution in [0.25, 0.3) is 6.08 Å². The molecule has 0 aromatic carbocycles. The molecule has 130 valence electrons. The van der Waals surface area contributed by atoms with E-state index in [-0.39, 0.29) is 34.6 Å². The molecule has 25 heavy (non-hydrogen) atoms. The Bertz CT molecular complexity index is 975. The largest absolute Gasteiger partial charge is 0.462 e. The van der Waals surface area contributed by atoms with Crippen molar-refractivity contribution in [3.8, 4) is 6.07 Å². The molecule has 1 saturated heterocycles. The number of amides is 2. The van der Waals surface area contributed by atoms with Gasteiger partial charge >= 0.3 is 0 Å². The monoisotopic (exact) mass is 360 g/mol. The minimum absolute atomic E-state index is 0.0737. The third kappa shape index (κ3) is 3.03. The Hall–Kier alpha value is -2.66. The Labute approximate surface area is 145 Å². The zero-order valence-corrected chi connectivity index (χ0v) is 14.6. The van der Waals surface area contributed by atoms with Crippen LogP contribution in [-0.4, -0.2) is 42.7 Å². The molecule has 0 radical (unpaired) electrons. The number of sulfone groups is 1. The lowest BCUT2D eigenvalue weighted by Gasteiger charge is -2.31. The number of hydrogen-bond donors (Lipinski definition) is 0. The van der Waals surface area contributed by atoms with Gasteiger partial charge < -0.3 is 4.42 Å². The second kappa shape index (κ2) is 6.01. The van der Waals surface area contributed by atoms with Crippen LogP contribution in [0.1, 0.15) is 24.9 Å². The minimum atomic E-state index is -3.29. The summed E-state index contributed by atoms with van der Waals surface area (Å²) < 4.78 is 28.9. The Morgan fingerprint density at radius 1 is 1.28 bits per heavy atom. The fourth-order valence-corrected chi connectivity index (χ4v) is 4.78. The third-order valence-corrected chi connectivity index (χ3v) is 6.14. The lowest BCUT2D eigenvalue weighted by molar-refractivity contribution is -0.142. The molecule has 0 spiro atoms. The number of aryl methyl sites for hydroxylation is 1. The summed E-state index contributed by atoms with van der Waals surface area (Å²) in [4.78, 5) is 26.3. The molecule has 1 aromatic heterocycles. The van der Waals surface area contributed by atoms with Gasteiger partial charge in [0, 0.05) is 5.57 Å². The average molecular weight is 360 g/mol. The van der Waals surface area contributed by atoms with E-state index in [1.54, 1.807) is 19.1 Å². The SMILES string of the molecule is CC1=C(C#N)C(=O)N([C@H]2CCS(=O)(=O)C2)C(=O)/C1=C/c1ccc(C)o1. The molecule has 0 N–H and O–H groups in total. The van der Waals surface area contributed by atoms with Crippen LogP contribution in [-0.2, 0) is 19.4 Å². The maximum Gasteiger partial charge on any atom is 0.271 e. The van der Waals surface area contributed by atoms with E-state index < -0.39 is 27.7 Å². The first-order valence-electron chi connectivity index (χ1n) is 7.71. The molecule has 0 bridgehead atoms. The molecule has 3 rings (SSSR count). The number of imide groups is 1. The lowest BCUT2D eigenvalue weighted by Crippen LogP contribution is -2.49. The minimum Gasteiger partial charge on any atom is -0.462 e. The summed E-state index contributed by atoms with van der Waals surface area (Å²) in [5, 5.41) is 9.33. The highest BCUT2D eigenvalue weighted by atomic mass is 32.2. The van der Waals surface area contributed by atoms with Gasteiger partial charge in [-0.25, -0.2) is 8.42 Å². The fraction of sp³-hybridized carbons (Fsp3) is 0.353. The lowest BCUT2D eigenvalue weighted by atomic mass is 9.93. The van der Waals surface area contributed by atoms with E-state index in [0.717, 1.165) is 4.90 Å². The number of furan rings is 1. The Morgan fingerprint density at radius 2 is 2.00 bits per heavy atom. The van der Waals surface area contributed by atoms with Gasteiger partial charge in [0.05, 0.1) is 17.5 Å². The molecular formula is C17H16N2O5S. The van der Waals surface area contributed by atoms with Crippen LogP contribution in [0.5, 0.6) is 0 Å². The van der Waals surface area contributed by atoms with Crippen molar-refractivity contribution >= 4 is 27.7 Å². The summed E-state index contributed by atoms with van der Waals surface area (Å²) in [5.74, 6) is -0.596. The van der Waals surface area contributed by atoms with Crippen molar-refractivity contribution in [2.45, 2.75) is 26.3 Å². The molecule has 1 fully saturated rings. The van der Waals surface area contributed by atoms with E-state index in [1.807, 2.05) is 6.07 Å².